The molecular formula is C17H29NO3. The van der Waals surface area contributed by atoms with Gasteiger partial charge in [0.15, 0.2) is 0 Å². The Bertz CT molecular complexity index is 406. The molecule has 21 heavy (non-hydrogen) atoms. The molecule has 2 atom stereocenters. The van der Waals surface area contributed by atoms with Gasteiger partial charge in [-0.05, 0) is 45.2 Å². The van der Waals surface area contributed by atoms with Gasteiger partial charge in [-0.2, -0.15) is 0 Å². The van der Waals surface area contributed by atoms with Crippen LogP contribution in [0.5, 0.6) is 0 Å². The SMILES string of the molecule is CC(C)CNCc1coc(COC2CC(C)OC(C)C2)c1. The predicted octanol–water partition coefficient (Wildman–Crippen LogP) is 3.50. The van der Waals surface area contributed by atoms with Crippen LogP contribution in [0.3, 0.4) is 0 Å². The monoisotopic (exact) mass is 295 g/mol. The lowest BCUT2D eigenvalue weighted by Gasteiger charge is -2.31. The first-order chi connectivity index (χ1) is 10.0. The molecule has 1 aliphatic rings. The van der Waals surface area contributed by atoms with Gasteiger partial charge >= 0.3 is 0 Å². The minimum Gasteiger partial charge on any atom is -0.467 e. The van der Waals surface area contributed by atoms with E-state index in [1.54, 1.807) is 0 Å². The molecular weight excluding hydrogens is 266 g/mol. The van der Waals surface area contributed by atoms with Gasteiger partial charge in [-0.3, -0.25) is 0 Å². The van der Waals surface area contributed by atoms with Gasteiger partial charge in [-0.15, -0.1) is 0 Å². The molecule has 1 saturated heterocycles. The van der Waals surface area contributed by atoms with Crippen LogP contribution >= 0.6 is 0 Å². The van der Waals surface area contributed by atoms with Gasteiger partial charge in [0.05, 0.1) is 24.6 Å². The molecule has 4 heteroatoms. The molecule has 0 aromatic carbocycles. The summed E-state index contributed by atoms with van der Waals surface area (Å²) >= 11 is 0. The van der Waals surface area contributed by atoms with E-state index in [4.69, 9.17) is 13.9 Å². The predicted molar refractivity (Wildman–Crippen MR) is 83.1 cm³/mol. The van der Waals surface area contributed by atoms with Gasteiger partial charge in [0.2, 0.25) is 0 Å². The normalized spacial score (nSPS) is 26.4. The molecule has 0 radical (unpaired) electrons. The van der Waals surface area contributed by atoms with E-state index in [-0.39, 0.29) is 18.3 Å². The van der Waals surface area contributed by atoms with Gasteiger partial charge < -0.3 is 19.2 Å². The molecule has 4 nitrogen and oxygen atoms in total. The number of hydrogen-bond donors (Lipinski definition) is 1. The summed E-state index contributed by atoms with van der Waals surface area (Å²) in [5.74, 6) is 1.57. The summed E-state index contributed by atoms with van der Waals surface area (Å²) in [5, 5.41) is 3.41. The van der Waals surface area contributed by atoms with Crippen LogP contribution in [0.4, 0.5) is 0 Å². The van der Waals surface area contributed by atoms with Crippen molar-refractivity contribution in [2.45, 2.75) is 72.0 Å². The molecule has 0 amide bonds. The van der Waals surface area contributed by atoms with Crippen molar-refractivity contribution in [3.05, 3.63) is 23.7 Å². The maximum atomic E-state index is 5.97. The van der Waals surface area contributed by atoms with E-state index in [0.717, 1.165) is 31.7 Å². The summed E-state index contributed by atoms with van der Waals surface area (Å²) in [6, 6.07) is 2.08. The Morgan fingerprint density at radius 1 is 1.29 bits per heavy atom. The quantitative estimate of drug-likeness (QED) is 0.836. The largest absolute Gasteiger partial charge is 0.467 e. The Morgan fingerprint density at radius 3 is 2.67 bits per heavy atom. The average Bonchev–Trinajstić information content (AvgIpc) is 2.83. The van der Waals surface area contributed by atoms with Crippen molar-refractivity contribution in [2.24, 2.45) is 5.92 Å². The first-order valence-corrected chi connectivity index (χ1v) is 8.07. The van der Waals surface area contributed by atoms with E-state index >= 15 is 0 Å². The van der Waals surface area contributed by atoms with E-state index in [1.165, 1.54) is 5.56 Å². The fourth-order valence-corrected chi connectivity index (χ4v) is 2.78. The lowest BCUT2D eigenvalue weighted by atomic mass is 10.0. The molecule has 0 saturated carbocycles. The van der Waals surface area contributed by atoms with Gasteiger partial charge in [0.1, 0.15) is 12.4 Å². The molecule has 2 unspecified atom stereocenters. The summed E-state index contributed by atoms with van der Waals surface area (Å²) in [6.07, 6.45) is 4.59. The summed E-state index contributed by atoms with van der Waals surface area (Å²) in [7, 11) is 0. The molecule has 1 aromatic heterocycles. The van der Waals surface area contributed by atoms with Crippen molar-refractivity contribution in [1.82, 2.24) is 5.32 Å². The second-order valence-electron chi connectivity index (χ2n) is 6.61. The highest BCUT2D eigenvalue weighted by Gasteiger charge is 2.25. The summed E-state index contributed by atoms with van der Waals surface area (Å²) in [6.45, 7) is 11.1. The van der Waals surface area contributed by atoms with Gasteiger partial charge in [-0.1, -0.05) is 13.8 Å². The van der Waals surface area contributed by atoms with Crippen molar-refractivity contribution in [3.8, 4) is 0 Å². The van der Waals surface area contributed by atoms with E-state index in [2.05, 4.69) is 39.1 Å². The lowest BCUT2D eigenvalue weighted by Crippen LogP contribution is -2.33. The number of ether oxygens (including phenoxy) is 2. The second kappa shape index (κ2) is 7.97. The van der Waals surface area contributed by atoms with Crippen LogP contribution in [0.2, 0.25) is 0 Å². The maximum absolute atomic E-state index is 5.97. The fourth-order valence-electron chi connectivity index (χ4n) is 2.78. The number of hydrogen-bond acceptors (Lipinski definition) is 4. The summed E-state index contributed by atoms with van der Waals surface area (Å²) in [5.41, 5.74) is 1.18. The van der Waals surface area contributed by atoms with Crippen molar-refractivity contribution >= 4 is 0 Å². The van der Waals surface area contributed by atoms with Crippen LogP contribution in [0, 0.1) is 5.92 Å². The highest BCUT2D eigenvalue weighted by molar-refractivity contribution is 5.12. The highest BCUT2D eigenvalue weighted by atomic mass is 16.5. The number of nitrogens with one attached hydrogen (secondary N) is 1. The zero-order valence-corrected chi connectivity index (χ0v) is 13.7. The Morgan fingerprint density at radius 2 is 2.00 bits per heavy atom. The third-order valence-electron chi connectivity index (χ3n) is 3.71. The molecule has 0 bridgehead atoms. The summed E-state index contributed by atoms with van der Waals surface area (Å²) in [4.78, 5) is 0. The molecule has 2 rings (SSSR count). The topological polar surface area (TPSA) is 43.6 Å². The minimum atomic E-state index is 0.274. The van der Waals surface area contributed by atoms with E-state index in [0.29, 0.717) is 12.5 Å². The van der Waals surface area contributed by atoms with E-state index in [9.17, 15) is 0 Å². The molecule has 1 aliphatic heterocycles. The molecule has 2 heterocycles. The van der Waals surface area contributed by atoms with Crippen LogP contribution < -0.4 is 5.32 Å². The number of rotatable bonds is 7. The lowest BCUT2D eigenvalue weighted by molar-refractivity contribution is -0.108. The molecule has 1 fully saturated rings. The molecule has 0 aliphatic carbocycles. The zero-order valence-electron chi connectivity index (χ0n) is 13.7. The minimum absolute atomic E-state index is 0.274. The first-order valence-electron chi connectivity index (χ1n) is 8.07. The van der Waals surface area contributed by atoms with Gasteiger partial charge in [0, 0.05) is 12.1 Å². The Kier molecular flexibility index (Phi) is 6.27. The zero-order chi connectivity index (χ0) is 15.2. The second-order valence-corrected chi connectivity index (χ2v) is 6.61. The van der Waals surface area contributed by atoms with Crippen molar-refractivity contribution in [3.63, 3.8) is 0 Å². The number of furan rings is 1. The van der Waals surface area contributed by atoms with Gasteiger partial charge in [0.25, 0.3) is 0 Å². The summed E-state index contributed by atoms with van der Waals surface area (Å²) < 4.78 is 17.3. The fraction of sp³-hybridized carbons (Fsp3) is 0.765. The van der Waals surface area contributed by atoms with E-state index < -0.39 is 0 Å². The van der Waals surface area contributed by atoms with Crippen LogP contribution in [-0.4, -0.2) is 24.9 Å². The maximum Gasteiger partial charge on any atom is 0.129 e. The van der Waals surface area contributed by atoms with E-state index in [1.807, 2.05) is 6.26 Å². The molecule has 120 valence electrons. The third kappa shape index (κ3) is 5.81. The standard InChI is InChI=1S/C17H29NO3/c1-12(2)8-18-9-15-7-17(19-10-15)11-20-16-5-13(3)21-14(4)6-16/h7,10,12-14,16,18H,5-6,8-9,11H2,1-4H3. The van der Waals surface area contributed by atoms with Gasteiger partial charge in [-0.25, -0.2) is 0 Å². The average molecular weight is 295 g/mol. The molecule has 0 spiro atoms. The van der Waals surface area contributed by atoms with Crippen LogP contribution in [0.25, 0.3) is 0 Å². The highest BCUT2D eigenvalue weighted by Crippen LogP contribution is 2.23. The van der Waals surface area contributed by atoms with Crippen LogP contribution in [0.15, 0.2) is 16.7 Å². The van der Waals surface area contributed by atoms with Crippen LogP contribution in [-0.2, 0) is 22.6 Å². The Labute approximate surface area is 128 Å². The molecule has 1 N–H and O–H groups in total. The Hall–Kier alpha value is -0.840. The third-order valence-corrected chi connectivity index (χ3v) is 3.71. The smallest absolute Gasteiger partial charge is 0.129 e. The van der Waals surface area contributed by atoms with Crippen molar-refractivity contribution < 1.29 is 13.9 Å². The molecule has 1 aromatic rings. The first kappa shape index (κ1) is 16.5. The van der Waals surface area contributed by atoms with Crippen LogP contribution in [0.1, 0.15) is 51.9 Å². The van der Waals surface area contributed by atoms with Crippen molar-refractivity contribution in [2.75, 3.05) is 6.54 Å². The Balaban J connectivity index is 1.72. The van der Waals surface area contributed by atoms with Crippen molar-refractivity contribution in [1.29, 1.82) is 0 Å².